The Bertz CT molecular complexity index is 1240. The van der Waals surface area contributed by atoms with Crippen molar-refractivity contribution in [3.05, 3.63) is 88.4 Å². The molecule has 4 rings (SSSR count). The minimum Gasteiger partial charge on any atom is -0.372 e. The fraction of sp³-hybridized carbons (Fsp3) is 0.240. The SMILES string of the molecule is Cc1ccc(S(=O)(=O)Nc2ccc(C(=O)NCc3ccc(N4CCCC4)cc3)cc2Cl)cc1. The number of carbonyl (C=O) groups is 1. The van der Waals surface area contributed by atoms with Crippen LogP contribution in [-0.4, -0.2) is 27.4 Å². The Balaban J connectivity index is 1.38. The summed E-state index contributed by atoms with van der Waals surface area (Å²) in [5.74, 6) is -0.284. The van der Waals surface area contributed by atoms with Gasteiger partial charge >= 0.3 is 0 Å². The number of hydrogen-bond donors (Lipinski definition) is 2. The molecule has 3 aromatic rings. The smallest absolute Gasteiger partial charge is 0.261 e. The summed E-state index contributed by atoms with van der Waals surface area (Å²) in [5.41, 5.74) is 3.74. The topological polar surface area (TPSA) is 78.5 Å². The number of halogens is 1. The maximum Gasteiger partial charge on any atom is 0.261 e. The van der Waals surface area contributed by atoms with E-state index in [4.69, 9.17) is 11.6 Å². The number of anilines is 2. The Kier molecular flexibility index (Phi) is 6.91. The highest BCUT2D eigenvalue weighted by Gasteiger charge is 2.17. The molecule has 0 bridgehead atoms. The molecule has 33 heavy (non-hydrogen) atoms. The summed E-state index contributed by atoms with van der Waals surface area (Å²) < 4.78 is 27.7. The number of nitrogens with zero attached hydrogens (tertiary/aromatic N) is 1. The molecule has 3 aromatic carbocycles. The lowest BCUT2D eigenvalue weighted by Crippen LogP contribution is -2.23. The summed E-state index contributed by atoms with van der Waals surface area (Å²) in [6.07, 6.45) is 2.46. The zero-order valence-electron chi connectivity index (χ0n) is 18.3. The molecule has 1 saturated heterocycles. The Labute approximate surface area is 199 Å². The Morgan fingerprint density at radius 3 is 2.27 bits per heavy atom. The second-order valence-electron chi connectivity index (χ2n) is 8.16. The monoisotopic (exact) mass is 483 g/mol. The maximum absolute atomic E-state index is 12.6. The molecule has 0 unspecified atom stereocenters. The number of benzene rings is 3. The number of nitrogens with one attached hydrogen (secondary N) is 2. The van der Waals surface area contributed by atoms with Gasteiger partial charge in [-0.05, 0) is 67.8 Å². The van der Waals surface area contributed by atoms with E-state index in [-0.39, 0.29) is 21.5 Å². The zero-order valence-corrected chi connectivity index (χ0v) is 19.9. The van der Waals surface area contributed by atoms with Crippen molar-refractivity contribution in [2.75, 3.05) is 22.7 Å². The third-order valence-corrected chi connectivity index (χ3v) is 7.36. The summed E-state index contributed by atoms with van der Waals surface area (Å²) in [6, 6.07) is 19.2. The van der Waals surface area contributed by atoms with Gasteiger partial charge in [-0.25, -0.2) is 8.42 Å². The number of carbonyl (C=O) groups excluding carboxylic acids is 1. The van der Waals surface area contributed by atoms with E-state index in [1.54, 1.807) is 18.2 Å². The van der Waals surface area contributed by atoms with Gasteiger partial charge in [0.1, 0.15) is 0 Å². The first-order valence-electron chi connectivity index (χ1n) is 10.8. The third kappa shape index (κ3) is 5.67. The van der Waals surface area contributed by atoms with Gasteiger partial charge in [0.15, 0.2) is 0 Å². The van der Waals surface area contributed by atoms with Gasteiger partial charge in [0.05, 0.1) is 15.6 Å². The van der Waals surface area contributed by atoms with Crippen LogP contribution in [-0.2, 0) is 16.6 Å². The fourth-order valence-corrected chi connectivity index (χ4v) is 5.11. The van der Waals surface area contributed by atoms with Gasteiger partial charge in [0, 0.05) is 30.9 Å². The number of amides is 1. The van der Waals surface area contributed by atoms with Crippen LogP contribution in [0.15, 0.2) is 71.6 Å². The van der Waals surface area contributed by atoms with Crippen LogP contribution < -0.4 is 14.9 Å². The molecule has 1 heterocycles. The predicted molar refractivity (Wildman–Crippen MR) is 132 cm³/mol. The molecule has 8 heteroatoms. The van der Waals surface area contributed by atoms with Gasteiger partial charge in [-0.3, -0.25) is 9.52 Å². The van der Waals surface area contributed by atoms with Crippen molar-refractivity contribution < 1.29 is 13.2 Å². The normalized spacial score (nSPS) is 13.7. The fourth-order valence-electron chi connectivity index (χ4n) is 3.74. The quantitative estimate of drug-likeness (QED) is 0.496. The number of rotatable bonds is 7. The molecule has 1 aliphatic rings. The first kappa shape index (κ1) is 23.1. The van der Waals surface area contributed by atoms with Crippen molar-refractivity contribution in [2.24, 2.45) is 0 Å². The molecule has 1 fully saturated rings. The lowest BCUT2D eigenvalue weighted by Gasteiger charge is -2.17. The number of sulfonamides is 1. The van der Waals surface area contributed by atoms with Gasteiger partial charge in [-0.15, -0.1) is 0 Å². The van der Waals surface area contributed by atoms with Crippen LogP contribution >= 0.6 is 11.6 Å². The summed E-state index contributed by atoms with van der Waals surface area (Å²) in [6.45, 7) is 4.45. The minimum atomic E-state index is -3.78. The highest BCUT2D eigenvalue weighted by atomic mass is 35.5. The molecular weight excluding hydrogens is 458 g/mol. The Morgan fingerprint density at radius 2 is 1.64 bits per heavy atom. The summed E-state index contributed by atoms with van der Waals surface area (Å²) in [7, 11) is -3.78. The molecule has 0 aromatic heterocycles. The predicted octanol–water partition coefficient (Wildman–Crippen LogP) is 4.98. The largest absolute Gasteiger partial charge is 0.372 e. The maximum atomic E-state index is 12.6. The van der Waals surface area contributed by atoms with Crippen molar-refractivity contribution >= 4 is 38.9 Å². The van der Waals surface area contributed by atoms with Crippen LogP contribution in [0.4, 0.5) is 11.4 Å². The van der Waals surface area contributed by atoms with Crippen molar-refractivity contribution in [3.63, 3.8) is 0 Å². The van der Waals surface area contributed by atoms with Gasteiger partial charge in [-0.1, -0.05) is 41.4 Å². The van der Waals surface area contributed by atoms with Crippen molar-refractivity contribution in [2.45, 2.75) is 31.2 Å². The number of aryl methyl sites for hydroxylation is 1. The van der Waals surface area contributed by atoms with Gasteiger partial charge in [0.2, 0.25) is 0 Å². The van der Waals surface area contributed by atoms with Crippen molar-refractivity contribution in [1.29, 1.82) is 0 Å². The molecule has 172 valence electrons. The van der Waals surface area contributed by atoms with Gasteiger partial charge in [0.25, 0.3) is 15.9 Å². The van der Waals surface area contributed by atoms with Crippen LogP contribution in [0.3, 0.4) is 0 Å². The molecule has 2 N–H and O–H groups in total. The Morgan fingerprint density at radius 1 is 0.970 bits per heavy atom. The molecule has 0 saturated carbocycles. The first-order chi connectivity index (χ1) is 15.8. The second kappa shape index (κ2) is 9.85. The standard InChI is InChI=1S/C25H26ClN3O3S/c1-18-4-11-22(12-5-18)33(31,32)28-24-13-8-20(16-23(24)26)25(30)27-17-19-6-9-21(10-7-19)29-14-2-3-15-29/h4-13,16,28H,2-3,14-15,17H2,1H3,(H,27,30). The van der Waals surface area contributed by atoms with Crippen LogP contribution in [0.25, 0.3) is 0 Å². The van der Waals surface area contributed by atoms with Gasteiger partial charge in [-0.2, -0.15) is 0 Å². The van der Waals surface area contributed by atoms with E-state index >= 15 is 0 Å². The molecule has 0 atom stereocenters. The van der Waals surface area contributed by atoms with E-state index in [9.17, 15) is 13.2 Å². The van der Waals surface area contributed by atoms with E-state index in [1.165, 1.54) is 42.8 Å². The Hall–Kier alpha value is -3.03. The molecule has 0 aliphatic carbocycles. The highest BCUT2D eigenvalue weighted by Crippen LogP contribution is 2.26. The molecule has 0 spiro atoms. The summed E-state index contributed by atoms with van der Waals surface area (Å²) >= 11 is 6.28. The summed E-state index contributed by atoms with van der Waals surface area (Å²) in [4.78, 5) is 15.1. The van der Waals surface area contributed by atoms with Crippen LogP contribution in [0.2, 0.25) is 5.02 Å². The van der Waals surface area contributed by atoms with Crippen LogP contribution in [0, 0.1) is 6.92 Å². The highest BCUT2D eigenvalue weighted by molar-refractivity contribution is 7.92. The average molecular weight is 484 g/mol. The summed E-state index contributed by atoms with van der Waals surface area (Å²) in [5, 5.41) is 3.03. The van der Waals surface area contributed by atoms with Crippen molar-refractivity contribution in [1.82, 2.24) is 5.32 Å². The van der Waals surface area contributed by atoms with E-state index in [2.05, 4.69) is 27.1 Å². The number of hydrogen-bond acceptors (Lipinski definition) is 4. The first-order valence-corrected chi connectivity index (χ1v) is 12.7. The minimum absolute atomic E-state index is 0.140. The average Bonchev–Trinajstić information content (AvgIpc) is 3.34. The van der Waals surface area contributed by atoms with Gasteiger partial charge < -0.3 is 10.2 Å². The zero-order chi connectivity index (χ0) is 23.4. The van der Waals surface area contributed by atoms with E-state index in [1.807, 2.05) is 19.1 Å². The molecule has 1 aliphatic heterocycles. The van der Waals surface area contributed by atoms with E-state index in [0.717, 1.165) is 24.2 Å². The van der Waals surface area contributed by atoms with Crippen LogP contribution in [0.1, 0.15) is 34.3 Å². The lowest BCUT2D eigenvalue weighted by atomic mass is 10.1. The second-order valence-corrected chi connectivity index (χ2v) is 10.2. The molecular formula is C25H26ClN3O3S. The third-order valence-electron chi connectivity index (χ3n) is 5.67. The molecule has 1 amide bonds. The van der Waals surface area contributed by atoms with E-state index < -0.39 is 10.0 Å². The van der Waals surface area contributed by atoms with Crippen LogP contribution in [0.5, 0.6) is 0 Å². The van der Waals surface area contributed by atoms with Crippen molar-refractivity contribution in [3.8, 4) is 0 Å². The van der Waals surface area contributed by atoms with E-state index in [0.29, 0.717) is 12.1 Å². The molecule has 0 radical (unpaired) electrons. The lowest BCUT2D eigenvalue weighted by molar-refractivity contribution is 0.0951. The molecule has 6 nitrogen and oxygen atoms in total.